The van der Waals surface area contributed by atoms with Crippen molar-refractivity contribution in [2.45, 2.75) is 56.9 Å². The van der Waals surface area contributed by atoms with Gasteiger partial charge in [0, 0.05) is 0 Å². The molecule has 2 aliphatic rings. The maximum absolute atomic E-state index is 10.3. The maximum atomic E-state index is 10.3. The van der Waals surface area contributed by atoms with E-state index in [4.69, 9.17) is 24.2 Å². The molecular weight excluding hydrogens is 286 g/mol. The van der Waals surface area contributed by atoms with Crippen molar-refractivity contribution < 1.29 is 24.1 Å². The Kier molecular flexibility index (Phi) is 4.17. The van der Waals surface area contributed by atoms with Gasteiger partial charge < -0.3 is 24.1 Å². The van der Waals surface area contributed by atoms with E-state index < -0.39 is 36.5 Å². The van der Waals surface area contributed by atoms with E-state index in [1.807, 2.05) is 36.4 Å². The van der Waals surface area contributed by atoms with Crippen LogP contribution in [0.3, 0.4) is 0 Å². The Morgan fingerprint density at radius 1 is 1.27 bits per heavy atom. The molecule has 0 amide bonds. The van der Waals surface area contributed by atoms with Crippen LogP contribution in [-0.4, -0.2) is 41.6 Å². The lowest BCUT2D eigenvalue weighted by atomic mass is 9.99. The molecule has 0 saturated carbocycles. The summed E-state index contributed by atoms with van der Waals surface area (Å²) in [6.07, 6.45) is -4.07. The second-order valence-corrected chi connectivity index (χ2v) is 5.91. The molecule has 6 nitrogen and oxygen atoms in total. The van der Waals surface area contributed by atoms with Crippen molar-refractivity contribution >= 4 is 0 Å². The third-order valence-electron chi connectivity index (χ3n) is 3.75. The van der Waals surface area contributed by atoms with Crippen molar-refractivity contribution in [3.63, 3.8) is 0 Å². The van der Waals surface area contributed by atoms with Gasteiger partial charge in [0.25, 0.3) is 0 Å². The predicted molar refractivity (Wildman–Crippen MR) is 75.3 cm³/mol. The van der Waals surface area contributed by atoms with Crippen molar-refractivity contribution in [3.05, 3.63) is 35.9 Å². The quantitative estimate of drug-likeness (QED) is 0.907. The first kappa shape index (κ1) is 15.4. The summed E-state index contributed by atoms with van der Waals surface area (Å²) in [6.45, 7) is 3.83. The second kappa shape index (κ2) is 5.95. The van der Waals surface area contributed by atoms with E-state index in [1.54, 1.807) is 13.8 Å². The molecule has 2 aliphatic heterocycles. The molecule has 0 aliphatic carbocycles. The number of aliphatic hydroxyl groups is 1. The van der Waals surface area contributed by atoms with Crippen LogP contribution in [0.15, 0.2) is 30.3 Å². The summed E-state index contributed by atoms with van der Waals surface area (Å²) in [6, 6.07) is 11.5. The number of hydrogen-bond acceptors (Lipinski definition) is 6. The molecule has 2 saturated heterocycles. The average molecular weight is 305 g/mol. The lowest BCUT2D eigenvalue weighted by Crippen LogP contribution is -2.56. The number of nitriles is 1. The maximum Gasteiger partial charge on any atom is 0.191 e. The SMILES string of the molecule is CC1(C)O[C@@H]2O[C@@H](C#N)[C@@H](O)[C@H](OCc3ccccc3)[C@H]2O1. The first-order chi connectivity index (χ1) is 10.5. The molecule has 1 aromatic rings. The molecule has 6 heteroatoms. The van der Waals surface area contributed by atoms with Crippen LogP contribution in [0.5, 0.6) is 0 Å². The fourth-order valence-electron chi connectivity index (χ4n) is 2.74. The van der Waals surface area contributed by atoms with Gasteiger partial charge in [-0.1, -0.05) is 30.3 Å². The molecule has 2 fully saturated rings. The minimum atomic E-state index is -1.09. The summed E-state index contributed by atoms with van der Waals surface area (Å²) in [5, 5.41) is 19.4. The molecule has 118 valence electrons. The fraction of sp³-hybridized carbons (Fsp3) is 0.562. The van der Waals surface area contributed by atoms with E-state index in [0.717, 1.165) is 5.56 Å². The average Bonchev–Trinajstić information content (AvgIpc) is 2.81. The molecule has 5 atom stereocenters. The molecule has 3 rings (SSSR count). The van der Waals surface area contributed by atoms with Crippen LogP contribution in [-0.2, 0) is 25.6 Å². The number of rotatable bonds is 3. The van der Waals surface area contributed by atoms with E-state index >= 15 is 0 Å². The number of nitrogens with zero attached hydrogens (tertiary/aromatic N) is 1. The summed E-state index contributed by atoms with van der Waals surface area (Å²) in [5.41, 5.74) is 0.976. The van der Waals surface area contributed by atoms with Crippen LogP contribution in [0.4, 0.5) is 0 Å². The Morgan fingerprint density at radius 2 is 2.00 bits per heavy atom. The van der Waals surface area contributed by atoms with Gasteiger partial charge in [-0.3, -0.25) is 0 Å². The zero-order valence-electron chi connectivity index (χ0n) is 12.5. The summed E-state index contributed by atoms with van der Waals surface area (Å²) in [7, 11) is 0. The van der Waals surface area contributed by atoms with Gasteiger partial charge in [-0.05, 0) is 19.4 Å². The van der Waals surface area contributed by atoms with Crippen LogP contribution >= 0.6 is 0 Å². The molecule has 1 N–H and O–H groups in total. The topological polar surface area (TPSA) is 80.9 Å². The number of aliphatic hydroxyl groups excluding tert-OH is 1. The van der Waals surface area contributed by atoms with Gasteiger partial charge in [0.05, 0.1) is 12.7 Å². The molecule has 22 heavy (non-hydrogen) atoms. The van der Waals surface area contributed by atoms with Crippen molar-refractivity contribution in [2.24, 2.45) is 0 Å². The van der Waals surface area contributed by atoms with Gasteiger partial charge in [0.1, 0.15) is 18.3 Å². The number of ether oxygens (including phenoxy) is 4. The van der Waals surface area contributed by atoms with E-state index in [0.29, 0.717) is 6.61 Å². The van der Waals surface area contributed by atoms with E-state index in [-0.39, 0.29) is 0 Å². The van der Waals surface area contributed by atoms with Gasteiger partial charge in [-0.2, -0.15) is 5.26 Å². The molecule has 0 radical (unpaired) electrons. The first-order valence-corrected chi connectivity index (χ1v) is 7.24. The third-order valence-corrected chi connectivity index (χ3v) is 3.75. The van der Waals surface area contributed by atoms with Crippen molar-refractivity contribution in [3.8, 4) is 6.07 Å². The zero-order chi connectivity index (χ0) is 15.7. The Morgan fingerprint density at radius 3 is 2.68 bits per heavy atom. The molecule has 0 unspecified atom stereocenters. The molecule has 0 aromatic heterocycles. The second-order valence-electron chi connectivity index (χ2n) is 5.91. The smallest absolute Gasteiger partial charge is 0.191 e. The van der Waals surface area contributed by atoms with E-state index in [9.17, 15) is 5.11 Å². The van der Waals surface area contributed by atoms with Crippen LogP contribution in [0, 0.1) is 11.3 Å². The minimum Gasteiger partial charge on any atom is -0.386 e. The highest BCUT2D eigenvalue weighted by molar-refractivity contribution is 5.13. The van der Waals surface area contributed by atoms with Gasteiger partial charge >= 0.3 is 0 Å². The van der Waals surface area contributed by atoms with Gasteiger partial charge in [0.15, 0.2) is 18.2 Å². The Balaban J connectivity index is 1.75. The summed E-state index contributed by atoms with van der Waals surface area (Å²) < 4.78 is 22.7. The fourth-order valence-corrected chi connectivity index (χ4v) is 2.74. The Hall–Kier alpha value is -1.49. The number of fused-ring (bicyclic) bond motifs is 1. The minimum absolute atomic E-state index is 0.313. The summed E-state index contributed by atoms with van der Waals surface area (Å²) in [4.78, 5) is 0. The normalized spacial score (nSPS) is 36.5. The van der Waals surface area contributed by atoms with Crippen LogP contribution < -0.4 is 0 Å². The molecule has 1 aromatic carbocycles. The molecule has 0 spiro atoms. The molecular formula is C16H19NO5. The number of benzene rings is 1. The lowest BCUT2D eigenvalue weighted by Gasteiger charge is -2.37. The van der Waals surface area contributed by atoms with E-state index in [1.165, 1.54) is 0 Å². The van der Waals surface area contributed by atoms with Crippen molar-refractivity contribution in [1.29, 1.82) is 5.26 Å². The predicted octanol–water partition coefficient (Wildman–Crippen LogP) is 1.33. The largest absolute Gasteiger partial charge is 0.386 e. The third kappa shape index (κ3) is 3.00. The zero-order valence-corrected chi connectivity index (χ0v) is 12.5. The lowest BCUT2D eigenvalue weighted by molar-refractivity contribution is -0.246. The van der Waals surface area contributed by atoms with Gasteiger partial charge in [-0.25, -0.2) is 0 Å². The van der Waals surface area contributed by atoms with Gasteiger partial charge in [-0.15, -0.1) is 0 Å². The first-order valence-electron chi connectivity index (χ1n) is 7.24. The van der Waals surface area contributed by atoms with Crippen LogP contribution in [0.1, 0.15) is 19.4 Å². The highest BCUT2D eigenvalue weighted by Crippen LogP contribution is 2.37. The van der Waals surface area contributed by atoms with Gasteiger partial charge in [0.2, 0.25) is 0 Å². The van der Waals surface area contributed by atoms with Crippen molar-refractivity contribution in [1.82, 2.24) is 0 Å². The van der Waals surface area contributed by atoms with Crippen LogP contribution in [0.25, 0.3) is 0 Å². The van der Waals surface area contributed by atoms with E-state index in [2.05, 4.69) is 0 Å². The highest BCUT2D eigenvalue weighted by Gasteiger charge is 2.55. The summed E-state index contributed by atoms with van der Waals surface area (Å²) >= 11 is 0. The number of hydrogen-bond donors (Lipinski definition) is 1. The highest BCUT2D eigenvalue weighted by atomic mass is 16.8. The Bertz CT molecular complexity index is 555. The molecule has 2 heterocycles. The van der Waals surface area contributed by atoms with Crippen molar-refractivity contribution in [2.75, 3.05) is 0 Å². The Labute approximate surface area is 129 Å². The standard InChI is InChI=1S/C16H19NO5/c1-16(2)21-14-13(19-9-10-6-4-3-5-7-10)12(18)11(8-17)20-15(14)22-16/h3-7,11-15,18H,9H2,1-2H3/t11-,12+,13-,14+,15-/m0/s1. The monoisotopic (exact) mass is 305 g/mol. The molecule has 0 bridgehead atoms. The summed E-state index contributed by atoms with van der Waals surface area (Å²) in [5.74, 6) is -0.840. The van der Waals surface area contributed by atoms with Crippen LogP contribution in [0.2, 0.25) is 0 Å².